The number of hydrogen-bond donors (Lipinski definition) is 1. The third-order valence-electron chi connectivity index (χ3n) is 5.29. The zero-order chi connectivity index (χ0) is 25.1. The molecular weight excluding hydrogens is 525 g/mol. The molecule has 0 aromatic heterocycles. The quantitative estimate of drug-likeness (QED) is 0.540. The summed E-state index contributed by atoms with van der Waals surface area (Å²) in [6.07, 6.45) is 0. The fourth-order valence-corrected chi connectivity index (χ4v) is 7.22. The summed E-state index contributed by atoms with van der Waals surface area (Å²) in [4.78, 5) is 12.8. The van der Waals surface area contributed by atoms with E-state index in [9.17, 15) is 21.6 Å². The molecule has 1 heterocycles. The number of nitrogens with one attached hydrogen (secondary N) is 1. The van der Waals surface area contributed by atoms with Gasteiger partial charge in [0.2, 0.25) is 20.0 Å². The molecule has 1 aliphatic heterocycles. The molecular formula is C21H25Cl2N3O6S2. The summed E-state index contributed by atoms with van der Waals surface area (Å²) in [5.41, 5.74) is 0.0942. The molecule has 2 aromatic carbocycles. The van der Waals surface area contributed by atoms with E-state index in [-0.39, 0.29) is 57.4 Å². The molecule has 0 saturated carbocycles. The number of ether oxygens (including phenoxy) is 1. The van der Waals surface area contributed by atoms with Crippen LogP contribution in [0, 0.1) is 0 Å². The van der Waals surface area contributed by atoms with E-state index in [0.717, 1.165) is 6.07 Å². The molecule has 1 N–H and O–H groups in total. The SMILES string of the molecule is CCN(CC)S(=O)(=O)c1cccc(NC(=O)c2cc(S(=O)(=O)N3CCOCC3)c(Cl)cc2Cl)c1. The van der Waals surface area contributed by atoms with Crippen molar-refractivity contribution in [2.45, 2.75) is 23.6 Å². The van der Waals surface area contributed by atoms with Gasteiger partial charge >= 0.3 is 0 Å². The zero-order valence-corrected chi connectivity index (χ0v) is 21.8. The highest BCUT2D eigenvalue weighted by molar-refractivity contribution is 7.89. The monoisotopic (exact) mass is 549 g/mol. The third-order valence-corrected chi connectivity index (χ3v) is 10.0. The Morgan fingerprint density at radius 3 is 2.29 bits per heavy atom. The fraction of sp³-hybridized carbons (Fsp3) is 0.381. The van der Waals surface area contributed by atoms with Gasteiger partial charge in [0.1, 0.15) is 4.90 Å². The van der Waals surface area contributed by atoms with E-state index in [1.165, 1.54) is 38.9 Å². The van der Waals surface area contributed by atoms with Crippen LogP contribution < -0.4 is 5.32 Å². The van der Waals surface area contributed by atoms with Crippen molar-refractivity contribution in [1.29, 1.82) is 0 Å². The Labute approximate surface area is 209 Å². The topological polar surface area (TPSA) is 113 Å². The van der Waals surface area contributed by atoms with Crippen molar-refractivity contribution in [1.82, 2.24) is 8.61 Å². The minimum Gasteiger partial charge on any atom is -0.379 e. The third kappa shape index (κ3) is 5.56. The van der Waals surface area contributed by atoms with Gasteiger partial charge in [-0.3, -0.25) is 4.79 Å². The van der Waals surface area contributed by atoms with E-state index in [0.29, 0.717) is 13.1 Å². The maximum absolute atomic E-state index is 13.1. The Hall–Kier alpha value is -1.73. The van der Waals surface area contributed by atoms with Gasteiger partial charge in [-0.25, -0.2) is 16.8 Å². The highest BCUT2D eigenvalue weighted by atomic mass is 35.5. The first-order valence-corrected chi connectivity index (χ1v) is 14.1. The highest BCUT2D eigenvalue weighted by Gasteiger charge is 2.30. The minimum atomic E-state index is -3.98. The predicted octanol–water partition coefficient (Wildman–Crippen LogP) is 3.30. The van der Waals surface area contributed by atoms with Crippen molar-refractivity contribution in [3.05, 3.63) is 52.0 Å². The molecule has 0 bridgehead atoms. The first-order valence-electron chi connectivity index (χ1n) is 10.5. The molecule has 1 amide bonds. The summed E-state index contributed by atoms with van der Waals surface area (Å²) in [5.74, 6) is -0.711. The molecule has 0 radical (unpaired) electrons. The molecule has 0 atom stereocenters. The van der Waals surface area contributed by atoms with Crippen LogP contribution in [0.4, 0.5) is 5.69 Å². The van der Waals surface area contributed by atoms with Crippen molar-refractivity contribution >= 4 is 54.8 Å². The largest absolute Gasteiger partial charge is 0.379 e. The van der Waals surface area contributed by atoms with Gasteiger partial charge in [-0.2, -0.15) is 8.61 Å². The van der Waals surface area contributed by atoms with Gasteiger partial charge in [-0.05, 0) is 30.3 Å². The number of carbonyl (C=O) groups excluding carboxylic acids is 1. The predicted molar refractivity (Wildman–Crippen MR) is 131 cm³/mol. The molecule has 0 unspecified atom stereocenters. The van der Waals surface area contributed by atoms with Gasteiger partial charge < -0.3 is 10.1 Å². The second-order valence-corrected chi connectivity index (χ2v) is 12.0. The average molecular weight is 550 g/mol. The number of nitrogens with zero attached hydrogens (tertiary/aromatic N) is 2. The van der Waals surface area contributed by atoms with Crippen molar-refractivity contribution in [2.24, 2.45) is 0 Å². The molecule has 0 spiro atoms. The number of hydrogen-bond acceptors (Lipinski definition) is 6. The number of halogens is 2. The first-order chi connectivity index (χ1) is 16.0. The second kappa shape index (κ2) is 10.9. The number of rotatable bonds is 8. The molecule has 2 aromatic rings. The van der Waals surface area contributed by atoms with Crippen LogP contribution in [0.2, 0.25) is 10.0 Å². The summed E-state index contributed by atoms with van der Waals surface area (Å²) in [6, 6.07) is 8.12. The van der Waals surface area contributed by atoms with Crippen LogP contribution in [0.1, 0.15) is 24.2 Å². The minimum absolute atomic E-state index is 0.0202. The maximum Gasteiger partial charge on any atom is 0.257 e. The van der Waals surface area contributed by atoms with Crippen LogP contribution >= 0.6 is 23.2 Å². The molecule has 1 aliphatic rings. The number of morpholine rings is 1. The van der Waals surface area contributed by atoms with E-state index in [1.807, 2.05) is 0 Å². The molecule has 1 fully saturated rings. The lowest BCUT2D eigenvalue weighted by atomic mass is 10.2. The van der Waals surface area contributed by atoms with E-state index >= 15 is 0 Å². The lowest BCUT2D eigenvalue weighted by Gasteiger charge is -2.26. The molecule has 34 heavy (non-hydrogen) atoms. The molecule has 3 rings (SSSR count). The lowest BCUT2D eigenvalue weighted by molar-refractivity contribution is 0.0730. The van der Waals surface area contributed by atoms with E-state index in [1.54, 1.807) is 13.8 Å². The van der Waals surface area contributed by atoms with Gasteiger partial charge in [0, 0.05) is 31.9 Å². The van der Waals surface area contributed by atoms with Crippen LogP contribution in [0.3, 0.4) is 0 Å². The summed E-state index contributed by atoms with van der Waals surface area (Å²) in [5, 5.41) is 2.43. The van der Waals surface area contributed by atoms with Crippen molar-refractivity contribution in [2.75, 3.05) is 44.7 Å². The first kappa shape index (κ1) is 26.9. The van der Waals surface area contributed by atoms with E-state index in [2.05, 4.69) is 5.32 Å². The van der Waals surface area contributed by atoms with Gasteiger partial charge in [-0.15, -0.1) is 0 Å². The zero-order valence-electron chi connectivity index (χ0n) is 18.6. The highest BCUT2D eigenvalue weighted by Crippen LogP contribution is 2.31. The second-order valence-electron chi connectivity index (χ2n) is 7.35. The summed E-state index contributed by atoms with van der Waals surface area (Å²) < 4.78 is 59.5. The smallest absolute Gasteiger partial charge is 0.257 e. The van der Waals surface area contributed by atoms with Gasteiger partial charge in [0.25, 0.3) is 5.91 Å². The molecule has 186 valence electrons. The Kier molecular flexibility index (Phi) is 8.61. The number of benzene rings is 2. The maximum atomic E-state index is 13.1. The Bertz CT molecular complexity index is 1280. The van der Waals surface area contributed by atoms with Crippen LogP contribution in [-0.4, -0.2) is 70.7 Å². The molecule has 9 nitrogen and oxygen atoms in total. The van der Waals surface area contributed by atoms with Gasteiger partial charge in [-0.1, -0.05) is 43.1 Å². The number of anilines is 1. The van der Waals surface area contributed by atoms with Crippen LogP contribution in [0.5, 0.6) is 0 Å². The molecule has 13 heteroatoms. The summed E-state index contributed by atoms with van der Waals surface area (Å²) in [7, 11) is -7.71. The van der Waals surface area contributed by atoms with Crippen LogP contribution in [0.25, 0.3) is 0 Å². The van der Waals surface area contributed by atoms with Crippen LogP contribution in [0.15, 0.2) is 46.2 Å². The van der Waals surface area contributed by atoms with Crippen molar-refractivity contribution < 1.29 is 26.4 Å². The van der Waals surface area contributed by atoms with E-state index in [4.69, 9.17) is 27.9 Å². The molecule has 0 aliphatic carbocycles. The number of sulfonamides is 2. The molecule has 1 saturated heterocycles. The van der Waals surface area contributed by atoms with Gasteiger partial charge in [0.15, 0.2) is 0 Å². The number of carbonyl (C=O) groups is 1. The standard InChI is InChI=1S/C21H25Cl2N3O6S2/c1-3-25(4-2)33(28,29)16-7-5-6-15(12-16)24-21(27)17-13-20(19(23)14-18(17)22)34(30,31)26-8-10-32-11-9-26/h5-7,12-14H,3-4,8-11H2,1-2H3,(H,24,27). The normalized spacial score (nSPS) is 15.4. The average Bonchev–Trinajstić information content (AvgIpc) is 2.80. The fourth-order valence-electron chi connectivity index (χ4n) is 3.47. The van der Waals surface area contributed by atoms with Crippen molar-refractivity contribution in [3.63, 3.8) is 0 Å². The lowest BCUT2D eigenvalue weighted by Crippen LogP contribution is -2.40. The van der Waals surface area contributed by atoms with Crippen molar-refractivity contribution in [3.8, 4) is 0 Å². The Morgan fingerprint density at radius 2 is 1.68 bits per heavy atom. The van der Waals surface area contributed by atoms with E-state index < -0.39 is 26.0 Å². The number of amides is 1. The van der Waals surface area contributed by atoms with Gasteiger partial charge in [0.05, 0.1) is 33.7 Å². The Balaban J connectivity index is 1.92. The van der Waals surface area contributed by atoms with Crippen LogP contribution in [-0.2, 0) is 24.8 Å². The Morgan fingerprint density at radius 1 is 1.03 bits per heavy atom. The summed E-state index contributed by atoms with van der Waals surface area (Å²) in [6.45, 7) is 4.91. The summed E-state index contributed by atoms with van der Waals surface area (Å²) >= 11 is 12.4.